The molecule has 1 aliphatic rings. The highest BCUT2D eigenvalue weighted by molar-refractivity contribution is 5.80. The van der Waals surface area contributed by atoms with Gasteiger partial charge >= 0.3 is 0 Å². The van der Waals surface area contributed by atoms with E-state index in [1.165, 1.54) is 0 Å². The summed E-state index contributed by atoms with van der Waals surface area (Å²) in [4.78, 5) is 11.9. The lowest BCUT2D eigenvalue weighted by molar-refractivity contribution is -0.124. The molecule has 20 heavy (non-hydrogen) atoms. The lowest BCUT2D eigenvalue weighted by Crippen LogP contribution is -2.38. The topological polar surface area (TPSA) is 32.7 Å². The molecule has 0 heterocycles. The van der Waals surface area contributed by atoms with Crippen LogP contribution in [0.4, 0.5) is 0 Å². The molecule has 3 nitrogen and oxygen atoms in total. The van der Waals surface area contributed by atoms with Crippen LogP contribution >= 0.6 is 0 Å². The van der Waals surface area contributed by atoms with Gasteiger partial charge in [-0.25, -0.2) is 0 Å². The first-order valence-corrected chi connectivity index (χ1v) is 7.40. The molecule has 1 saturated carbocycles. The molecule has 1 aromatic rings. The van der Waals surface area contributed by atoms with E-state index in [0.717, 1.165) is 18.4 Å². The van der Waals surface area contributed by atoms with Crippen molar-refractivity contribution < 1.29 is 4.79 Å². The van der Waals surface area contributed by atoms with Gasteiger partial charge in [0.1, 0.15) is 5.78 Å². The third-order valence-corrected chi connectivity index (χ3v) is 4.19. The summed E-state index contributed by atoms with van der Waals surface area (Å²) in [7, 11) is 1.97. The van der Waals surface area contributed by atoms with Crippen molar-refractivity contribution in [3.05, 3.63) is 35.9 Å². The normalized spacial score (nSPS) is 23.5. The average molecular weight is 272 g/mol. The third kappa shape index (κ3) is 3.92. The van der Waals surface area contributed by atoms with E-state index < -0.39 is 0 Å². The molecule has 2 rings (SSSR count). The Hall–Kier alpha value is -1.64. The molecule has 0 unspecified atom stereocenters. The molecular formula is C17H24N2O. The van der Waals surface area contributed by atoms with E-state index in [1.807, 2.05) is 48.6 Å². The van der Waals surface area contributed by atoms with Gasteiger partial charge in [0.05, 0.1) is 12.3 Å². The van der Waals surface area contributed by atoms with Crippen molar-refractivity contribution in [1.82, 2.24) is 5.01 Å². The Morgan fingerprint density at radius 1 is 1.25 bits per heavy atom. The van der Waals surface area contributed by atoms with Gasteiger partial charge in [0.2, 0.25) is 0 Å². The highest BCUT2D eigenvalue weighted by Gasteiger charge is 2.30. The molecule has 3 heteroatoms. The van der Waals surface area contributed by atoms with Crippen molar-refractivity contribution in [3.8, 4) is 0 Å². The van der Waals surface area contributed by atoms with Crippen LogP contribution in [0.1, 0.15) is 38.7 Å². The summed E-state index contributed by atoms with van der Waals surface area (Å²) >= 11 is 0. The second kappa shape index (κ2) is 6.69. The first-order valence-electron chi connectivity index (χ1n) is 7.40. The van der Waals surface area contributed by atoms with Gasteiger partial charge in [-0.1, -0.05) is 44.2 Å². The van der Waals surface area contributed by atoms with Gasteiger partial charge in [0.15, 0.2) is 0 Å². The molecule has 1 aromatic carbocycles. The van der Waals surface area contributed by atoms with Gasteiger partial charge in [-0.05, 0) is 23.8 Å². The minimum Gasteiger partial charge on any atom is -0.300 e. The number of hydrazone groups is 1. The number of ketones is 1. The van der Waals surface area contributed by atoms with E-state index in [0.29, 0.717) is 24.0 Å². The van der Waals surface area contributed by atoms with Gasteiger partial charge in [-0.3, -0.25) is 9.80 Å². The molecule has 0 radical (unpaired) electrons. The summed E-state index contributed by atoms with van der Waals surface area (Å²) in [6.07, 6.45) is 4.30. The lowest BCUT2D eigenvalue weighted by atomic mass is 9.78. The fourth-order valence-electron chi connectivity index (χ4n) is 2.74. The Labute approximate surface area is 121 Å². The molecule has 0 amide bonds. The molecular weight excluding hydrogens is 248 g/mol. The predicted octanol–water partition coefficient (Wildman–Crippen LogP) is 3.35. The standard InChI is InChI=1S/C17H24N2O/c1-13(2)15-9-16(11-17(20)10-15)19(3)18-12-14-7-5-4-6-8-14/h4-8,12-13,15-16H,9-11H2,1-3H3/b18-12+/t15-,16+/m1/s1. The van der Waals surface area contributed by atoms with Crippen molar-refractivity contribution in [1.29, 1.82) is 0 Å². The quantitative estimate of drug-likeness (QED) is 0.622. The minimum atomic E-state index is 0.239. The van der Waals surface area contributed by atoms with Crippen molar-refractivity contribution in [2.45, 2.75) is 39.2 Å². The highest BCUT2D eigenvalue weighted by Crippen LogP contribution is 2.30. The van der Waals surface area contributed by atoms with Crippen LogP contribution in [0.3, 0.4) is 0 Å². The average Bonchev–Trinajstić information content (AvgIpc) is 2.45. The zero-order valence-corrected chi connectivity index (χ0v) is 12.6. The predicted molar refractivity (Wildman–Crippen MR) is 82.8 cm³/mol. The number of nitrogens with zero attached hydrogens (tertiary/aromatic N) is 2. The second-order valence-corrected chi connectivity index (χ2v) is 6.07. The zero-order valence-electron chi connectivity index (χ0n) is 12.6. The van der Waals surface area contributed by atoms with E-state index in [-0.39, 0.29) is 6.04 Å². The van der Waals surface area contributed by atoms with Crippen molar-refractivity contribution >= 4 is 12.0 Å². The van der Waals surface area contributed by atoms with Crippen molar-refractivity contribution in [2.75, 3.05) is 7.05 Å². The SMILES string of the molecule is CC(C)[C@H]1CC(=O)C[C@@H](N(C)/N=C/c2ccccc2)C1. The lowest BCUT2D eigenvalue weighted by Gasteiger charge is -2.34. The first kappa shape index (κ1) is 14.8. The van der Waals surface area contributed by atoms with Crippen LogP contribution < -0.4 is 0 Å². The molecule has 0 aromatic heterocycles. The first-order chi connectivity index (χ1) is 9.56. The maximum absolute atomic E-state index is 11.9. The number of carbonyl (C=O) groups is 1. The molecule has 1 fully saturated rings. The van der Waals surface area contributed by atoms with Gasteiger partial charge in [0, 0.05) is 19.9 Å². The van der Waals surface area contributed by atoms with E-state index >= 15 is 0 Å². The molecule has 0 spiro atoms. The smallest absolute Gasteiger partial charge is 0.135 e. The van der Waals surface area contributed by atoms with Gasteiger partial charge < -0.3 is 0 Å². The van der Waals surface area contributed by atoms with E-state index in [2.05, 4.69) is 18.9 Å². The Bertz CT molecular complexity index is 467. The molecule has 2 atom stereocenters. The summed E-state index contributed by atoms with van der Waals surface area (Å²) < 4.78 is 0. The zero-order chi connectivity index (χ0) is 14.5. The Kier molecular flexibility index (Phi) is 4.94. The summed E-state index contributed by atoms with van der Waals surface area (Å²) in [6.45, 7) is 4.40. The minimum absolute atomic E-state index is 0.239. The van der Waals surface area contributed by atoms with Crippen LogP contribution in [-0.2, 0) is 4.79 Å². The molecule has 0 bridgehead atoms. The maximum atomic E-state index is 11.9. The van der Waals surface area contributed by atoms with Crippen LogP contribution in [0, 0.1) is 11.8 Å². The fourth-order valence-corrected chi connectivity index (χ4v) is 2.74. The van der Waals surface area contributed by atoms with Gasteiger partial charge in [-0.2, -0.15) is 5.10 Å². The molecule has 0 saturated heterocycles. The van der Waals surface area contributed by atoms with Crippen molar-refractivity contribution in [2.24, 2.45) is 16.9 Å². The monoisotopic (exact) mass is 272 g/mol. The molecule has 0 aliphatic heterocycles. The van der Waals surface area contributed by atoms with Crippen molar-refractivity contribution in [3.63, 3.8) is 0 Å². The highest BCUT2D eigenvalue weighted by atomic mass is 16.1. The number of hydrogen-bond acceptors (Lipinski definition) is 3. The summed E-state index contributed by atoms with van der Waals surface area (Å²) in [5.74, 6) is 1.44. The summed E-state index contributed by atoms with van der Waals surface area (Å²) in [5.41, 5.74) is 1.09. The Balaban J connectivity index is 1.99. The summed E-state index contributed by atoms with van der Waals surface area (Å²) in [5, 5.41) is 6.46. The van der Waals surface area contributed by atoms with E-state index in [1.54, 1.807) is 0 Å². The molecule has 1 aliphatic carbocycles. The van der Waals surface area contributed by atoms with Gasteiger partial charge in [-0.15, -0.1) is 0 Å². The second-order valence-electron chi connectivity index (χ2n) is 6.07. The number of Topliss-reactive ketones (excluding diaryl/α,β-unsaturated/α-hetero) is 1. The Morgan fingerprint density at radius 3 is 2.60 bits per heavy atom. The van der Waals surface area contributed by atoms with Crippen LogP contribution in [0.2, 0.25) is 0 Å². The Morgan fingerprint density at radius 2 is 1.95 bits per heavy atom. The van der Waals surface area contributed by atoms with Crippen LogP contribution in [-0.4, -0.2) is 30.1 Å². The molecule has 108 valence electrons. The molecule has 0 N–H and O–H groups in total. The third-order valence-electron chi connectivity index (χ3n) is 4.19. The largest absolute Gasteiger partial charge is 0.300 e. The van der Waals surface area contributed by atoms with E-state index in [4.69, 9.17) is 0 Å². The fraction of sp³-hybridized carbons (Fsp3) is 0.529. The summed E-state index contributed by atoms with van der Waals surface area (Å²) in [6, 6.07) is 10.3. The maximum Gasteiger partial charge on any atom is 0.135 e. The number of benzene rings is 1. The number of rotatable bonds is 4. The van der Waals surface area contributed by atoms with E-state index in [9.17, 15) is 4.79 Å². The number of carbonyl (C=O) groups excluding carboxylic acids is 1. The van der Waals surface area contributed by atoms with Crippen LogP contribution in [0.5, 0.6) is 0 Å². The van der Waals surface area contributed by atoms with Crippen LogP contribution in [0.25, 0.3) is 0 Å². The van der Waals surface area contributed by atoms with Gasteiger partial charge in [0.25, 0.3) is 0 Å². The van der Waals surface area contributed by atoms with Crippen LogP contribution in [0.15, 0.2) is 35.4 Å². The number of hydrogen-bond donors (Lipinski definition) is 0.